The molecule has 1 unspecified atom stereocenters. The Kier molecular flexibility index (Phi) is 9.12. The molecule has 11 nitrogen and oxygen atoms in total. The summed E-state index contributed by atoms with van der Waals surface area (Å²) in [7, 11) is 1.52. The van der Waals surface area contributed by atoms with Gasteiger partial charge in [-0.25, -0.2) is 10.8 Å². The van der Waals surface area contributed by atoms with Crippen molar-refractivity contribution in [3.63, 3.8) is 0 Å². The van der Waals surface area contributed by atoms with Gasteiger partial charge in [-0.05, 0) is 56.9 Å². The number of likely N-dealkylation sites (N-methyl/N-ethyl adjacent to an activating group) is 1. The van der Waals surface area contributed by atoms with Crippen molar-refractivity contribution in [2.45, 2.75) is 46.3 Å². The van der Waals surface area contributed by atoms with E-state index in [0.717, 1.165) is 16.1 Å². The highest BCUT2D eigenvalue weighted by Crippen LogP contribution is 2.18. The van der Waals surface area contributed by atoms with Crippen LogP contribution in [0.4, 0.5) is 0 Å². The van der Waals surface area contributed by atoms with Gasteiger partial charge in [-0.2, -0.15) is 5.10 Å². The van der Waals surface area contributed by atoms with Crippen molar-refractivity contribution < 1.29 is 14.6 Å². The molecule has 0 aliphatic carbocycles. The molecule has 11 heteroatoms. The van der Waals surface area contributed by atoms with E-state index < -0.39 is 11.7 Å². The second kappa shape index (κ2) is 11.6. The van der Waals surface area contributed by atoms with Crippen molar-refractivity contribution in [2.75, 3.05) is 26.8 Å². The first-order valence-corrected chi connectivity index (χ1v) is 10.5. The van der Waals surface area contributed by atoms with E-state index in [1.165, 1.54) is 7.05 Å². The van der Waals surface area contributed by atoms with Gasteiger partial charge < -0.3 is 25.6 Å². The number of hydrogen-bond donors (Lipinski definition) is 4. The molecule has 1 aromatic heterocycles. The first kappa shape index (κ1) is 25.2. The predicted molar refractivity (Wildman–Crippen MR) is 123 cm³/mol. The number of nitrogens with zero attached hydrogens (tertiary/aromatic N) is 4. The number of fused-ring (bicyclic) bond motifs is 1. The van der Waals surface area contributed by atoms with Crippen molar-refractivity contribution in [1.82, 2.24) is 19.9 Å². The molecule has 0 saturated carbocycles. The average Bonchev–Trinajstić information content (AvgIpc) is 2.73. The fourth-order valence-electron chi connectivity index (χ4n) is 3.24. The standard InChI is InChI=1S/C21H33N7O4/c1-5-24-18(30)12-32-9-7-15(29)6-8-28-17-11-14(3)13(2)10-16(17)25-19(21(28)31)20(26-22)27(4)23/h10-11,15,29H,5-9,12,22-23H2,1-4H3,(H,24,30)/b26-20-. The molecule has 1 amide bonds. The highest BCUT2D eigenvalue weighted by Gasteiger charge is 2.19. The van der Waals surface area contributed by atoms with Gasteiger partial charge in [0.25, 0.3) is 5.56 Å². The molecular formula is C21H33N7O4. The van der Waals surface area contributed by atoms with Crippen LogP contribution in [-0.4, -0.2) is 64.3 Å². The number of aliphatic hydroxyl groups excluding tert-OH is 1. The molecule has 0 fully saturated rings. The summed E-state index contributed by atoms with van der Waals surface area (Å²) in [6.07, 6.45) is -0.0682. The number of benzene rings is 1. The van der Waals surface area contributed by atoms with E-state index >= 15 is 0 Å². The molecule has 0 saturated heterocycles. The highest BCUT2D eigenvalue weighted by molar-refractivity contribution is 5.97. The third-order valence-corrected chi connectivity index (χ3v) is 5.12. The van der Waals surface area contributed by atoms with Crippen LogP contribution >= 0.6 is 0 Å². The Morgan fingerprint density at radius 3 is 2.66 bits per heavy atom. The Morgan fingerprint density at radius 1 is 1.34 bits per heavy atom. The number of amidine groups is 1. The molecule has 6 N–H and O–H groups in total. The van der Waals surface area contributed by atoms with Crippen LogP contribution < -0.4 is 22.6 Å². The molecule has 0 aliphatic rings. The molecular weight excluding hydrogens is 414 g/mol. The van der Waals surface area contributed by atoms with Crippen LogP contribution in [-0.2, 0) is 16.1 Å². The third-order valence-electron chi connectivity index (χ3n) is 5.12. The van der Waals surface area contributed by atoms with Crippen molar-refractivity contribution in [3.05, 3.63) is 39.3 Å². The topological polar surface area (TPSA) is 161 Å². The maximum Gasteiger partial charge on any atom is 0.280 e. The minimum Gasteiger partial charge on any atom is -0.393 e. The largest absolute Gasteiger partial charge is 0.393 e. The van der Waals surface area contributed by atoms with Crippen LogP contribution in [0.1, 0.15) is 36.6 Å². The van der Waals surface area contributed by atoms with Gasteiger partial charge in [-0.15, -0.1) is 0 Å². The molecule has 1 aromatic carbocycles. The lowest BCUT2D eigenvalue weighted by atomic mass is 10.1. The van der Waals surface area contributed by atoms with Gasteiger partial charge in [0.1, 0.15) is 6.61 Å². The summed E-state index contributed by atoms with van der Waals surface area (Å²) in [5.74, 6) is 11.1. The van der Waals surface area contributed by atoms with Crippen molar-refractivity contribution in [3.8, 4) is 0 Å². The Labute approximate surface area is 187 Å². The number of ether oxygens (including phenoxy) is 1. The van der Waals surface area contributed by atoms with Gasteiger partial charge in [0.2, 0.25) is 5.91 Å². The minimum atomic E-state index is -0.714. The average molecular weight is 448 g/mol. The van der Waals surface area contributed by atoms with Gasteiger partial charge in [0, 0.05) is 26.7 Å². The number of aryl methyl sites for hydroxylation is 3. The lowest BCUT2D eigenvalue weighted by molar-refractivity contribution is -0.125. The lowest BCUT2D eigenvalue weighted by Crippen LogP contribution is -2.41. The number of nitrogens with one attached hydrogen (secondary N) is 1. The normalized spacial score (nSPS) is 12.8. The lowest BCUT2D eigenvalue weighted by Gasteiger charge is -2.18. The number of aromatic nitrogens is 2. The maximum atomic E-state index is 13.2. The number of aliphatic hydroxyl groups is 1. The zero-order chi connectivity index (χ0) is 23.8. The van der Waals surface area contributed by atoms with Gasteiger partial charge >= 0.3 is 0 Å². The SMILES string of the molecule is CCNC(=O)COCCC(O)CCn1c(=O)c(/C(=N/N)N(C)N)nc2cc(C)c(C)cc21. The first-order valence-electron chi connectivity index (χ1n) is 10.5. The van der Waals surface area contributed by atoms with Crippen molar-refractivity contribution in [2.24, 2.45) is 16.8 Å². The predicted octanol–water partition coefficient (Wildman–Crippen LogP) is -0.267. The van der Waals surface area contributed by atoms with Gasteiger partial charge in [0.05, 0.1) is 17.1 Å². The van der Waals surface area contributed by atoms with Crippen LogP contribution in [0.2, 0.25) is 0 Å². The third kappa shape index (κ3) is 6.25. The zero-order valence-electron chi connectivity index (χ0n) is 19.1. The number of nitrogens with two attached hydrogens (primary N) is 2. The van der Waals surface area contributed by atoms with Crippen LogP contribution in [0, 0.1) is 13.8 Å². The summed E-state index contributed by atoms with van der Waals surface area (Å²) in [6, 6.07) is 3.79. The van der Waals surface area contributed by atoms with Gasteiger partial charge in [0.15, 0.2) is 11.5 Å². The van der Waals surface area contributed by atoms with E-state index in [1.807, 2.05) is 32.9 Å². The Balaban J connectivity index is 2.24. The summed E-state index contributed by atoms with van der Waals surface area (Å²) < 4.78 is 6.84. The van der Waals surface area contributed by atoms with E-state index in [2.05, 4.69) is 15.4 Å². The number of amides is 1. The summed E-state index contributed by atoms with van der Waals surface area (Å²) in [5.41, 5.74) is 2.93. The van der Waals surface area contributed by atoms with E-state index in [0.29, 0.717) is 30.4 Å². The van der Waals surface area contributed by atoms with Crippen LogP contribution in [0.3, 0.4) is 0 Å². The van der Waals surface area contributed by atoms with Crippen LogP contribution in [0.5, 0.6) is 0 Å². The Bertz CT molecular complexity index is 1030. The van der Waals surface area contributed by atoms with Crippen molar-refractivity contribution >= 4 is 22.8 Å². The summed E-state index contributed by atoms with van der Waals surface area (Å²) in [5, 5.41) is 17.8. The number of hydrogen-bond acceptors (Lipinski definition) is 8. The zero-order valence-corrected chi connectivity index (χ0v) is 19.1. The molecule has 32 heavy (non-hydrogen) atoms. The van der Waals surface area contributed by atoms with E-state index in [1.54, 1.807) is 4.57 Å². The quantitative estimate of drug-likeness (QED) is 0.127. The summed E-state index contributed by atoms with van der Waals surface area (Å²) >= 11 is 0. The number of hydrazone groups is 1. The monoisotopic (exact) mass is 447 g/mol. The van der Waals surface area contributed by atoms with Gasteiger partial charge in [-0.1, -0.05) is 0 Å². The number of carbonyl (C=O) groups excluding carboxylic acids is 1. The smallest absolute Gasteiger partial charge is 0.280 e. The highest BCUT2D eigenvalue weighted by atomic mass is 16.5. The Hall–Kier alpha value is -3.02. The molecule has 1 heterocycles. The minimum absolute atomic E-state index is 0.0352. The molecule has 0 bridgehead atoms. The summed E-state index contributed by atoms with van der Waals surface area (Å²) in [4.78, 5) is 29.1. The fourth-order valence-corrected chi connectivity index (χ4v) is 3.24. The molecule has 0 aliphatic heterocycles. The van der Waals surface area contributed by atoms with E-state index in [4.69, 9.17) is 16.4 Å². The van der Waals surface area contributed by atoms with E-state index in [9.17, 15) is 14.7 Å². The first-order chi connectivity index (χ1) is 15.2. The van der Waals surface area contributed by atoms with Crippen LogP contribution in [0.15, 0.2) is 22.0 Å². The molecule has 1 atom stereocenters. The van der Waals surface area contributed by atoms with E-state index in [-0.39, 0.29) is 37.2 Å². The van der Waals surface area contributed by atoms with Gasteiger partial charge in [-0.3, -0.25) is 14.6 Å². The Morgan fingerprint density at radius 2 is 2.03 bits per heavy atom. The number of hydrazine groups is 1. The van der Waals surface area contributed by atoms with Crippen LogP contribution in [0.25, 0.3) is 11.0 Å². The molecule has 0 radical (unpaired) electrons. The number of carbonyl (C=O) groups is 1. The fraction of sp³-hybridized carbons (Fsp3) is 0.524. The maximum absolute atomic E-state index is 13.2. The molecule has 176 valence electrons. The molecule has 2 aromatic rings. The second-order valence-corrected chi connectivity index (χ2v) is 7.64. The number of rotatable bonds is 10. The molecule has 0 spiro atoms. The molecule has 2 rings (SSSR count). The van der Waals surface area contributed by atoms with Crippen molar-refractivity contribution in [1.29, 1.82) is 0 Å². The second-order valence-electron chi connectivity index (χ2n) is 7.64. The summed E-state index contributed by atoms with van der Waals surface area (Å²) in [6.45, 7) is 6.71.